The molecule has 6 nitrogen and oxygen atoms in total. The molecule has 0 saturated heterocycles. The van der Waals surface area contributed by atoms with E-state index in [0.29, 0.717) is 12.8 Å². The highest BCUT2D eigenvalue weighted by molar-refractivity contribution is 5.95. The van der Waals surface area contributed by atoms with Crippen LogP contribution in [0.4, 0.5) is 0 Å². The Labute approximate surface area is 126 Å². The normalized spacial score (nSPS) is 24.0. The summed E-state index contributed by atoms with van der Waals surface area (Å²) in [4.78, 5) is 24.5. The number of phenolic OH excluding ortho intramolecular Hbond substituents is 1. The molecule has 2 aliphatic rings. The third kappa shape index (κ3) is 2.60. The van der Waals surface area contributed by atoms with E-state index < -0.39 is 12.2 Å². The van der Waals surface area contributed by atoms with E-state index in [2.05, 4.69) is 0 Å². The molecule has 1 amide bonds. The van der Waals surface area contributed by atoms with E-state index >= 15 is 0 Å². The predicted molar refractivity (Wildman–Crippen MR) is 76.8 cm³/mol. The Kier molecular flexibility index (Phi) is 3.68. The van der Waals surface area contributed by atoms with Crippen molar-refractivity contribution in [3.05, 3.63) is 53.8 Å². The number of cyclic esters (lactones) is 1. The van der Waals surface area contributed by atoms with E-state index in [9.17, 15) is 19.8 Å². The SMILES string of the molecule is O=C1OC(C/C=C/N2C(=O)C=CC2O)Cc2cccc(O)c21. The zero-order valence-electron chi connectivity index (χ0n) is 11.7. The van der Waals surface area contributed by atoms with Gasteiger partial charge in [0.25, 0.3) is 5.91 Å². The maximum absolute atomic E-state index is 11.9. The number of hydrogen-bond acceptors (Lipinski definition) is 5. The first-order valence-electron chi connectivity index (χ1n) is 6.93. The maximum Gasteiger partial charge on any atom is 0.342 e. The second-order valence-electron chi connectivity index (χ2n) is 5.18. The smallest absolute Gasteiger partial charge is 0.342 e. The number of esters is 1. The molecule has 2 heterocycles. The van der Waals surface area contributed by atoms with Gasteiger partial charge in [0.15, 0.2) is 6.23 Å². The Morgan fingerprint density at radius 2 is 2.18 bits per heavy atom. The molecule has 2 unspecified atom stereocenters. The lowest BCUT2D eigenvalue weighted by atomic mass is 9.96. The standard InChI is InChI=1S/C16H15NO5/c18-12-5-1-3-10-9-11(22-16(21)15(10)12)4-2-8-17-13(19)6-7-14(17)20/h1-3,5-8,11,13,18-19H,4,9H2/b8-2+. The van der Waals surface area contributed by atoms with Crippen LogP contribution in [0.2, 0.25) is 0 Å². The van der Waals surface area contributed by atoms with Crippen molar-refractivity contribution >= 4 is 11.9 Å². The Balaban J connectivity index is 1.66. The molecule has 0 aliphatic carbocycles. The van der Waals surface area contributed by atoms with Gasteiger partial charge in [0, 0.05) is 25.1 Å². The summed E-state index contributed by atoms with van der Waals surface area (Å²) in [6, 6.07) is 4.92. The predicted octanol–water partition coefficient (Wildman–Crippen LogP) is 1.09. The topological polar surface area (TPSA) is 87.1 Å². The number of nitrogens with zero attached hydrogens (tertiary/aromatic N) is 1. The molecule has 2 aliphatic heterocycles. The number of ether oxygens (including phenoxy) is 1. The van der Waals surface area contributed by atoms with Crippen LogP contribution in [-0.2, 0) is 16.0 Å². The van der Waals surface area contributed by atoms with Crippen LogP contribution in [0.15, 0.2) is 42.6 Å². The van der Waals surface area contributed by atoms with Crippen molar-refractivity contribution < 1.29 is 24.5 Å². The van der Waals surface area contributed by atoms with Crippen LogP contribution >= 0.6 is 0 Å². The zero-order chi connectivity index (χ0) is 15.7. The van der Waals surface area contributed by atoms with Gasteiger partial charge in [0.2, 0.25) is 0 Å². The second kappa shape index (κ2) is 5.65. The van der Waals surface area contributed by atoms with Gasteiger partial charge in [0.1, 0.15) is 17.4 Å². The van der Waals surface area contributed by atoms with Gasteiger partial charge < -0.3 is 14.9 Å². The first-order valence-corrected chi connectivity index (χ1v) is 6.93. The largest absolute Gasteiger partial charge is 0.507 e. The lowest BCUT2D eigenvalue weighted by Crippen LogP contribution is -2.29. The molecule has 114 valence electrons. The maximum atomic E-state index is 11.9. The van der Waals surface area contributed by atoms with Crippen LogP contribution in [-0.4, -0.2) is 39.3 Å². The fraction of sp³-hybridized carbons (Fsp3) is 0.250. The third-order valence-corrected chi connectivity index (χ3v) is 3.67. The van der Waals surface area contributed by atoms with Gasteiger partial charge >= 0.3 is 5.97 Å². The van der Waals surface area contributed by atoms with Gasteiger partial charge in [-0.2, -0.15) is 0 Å². The van der Waals surface area contributed by atoms with Crippen molar-refractivity contribution in [1.29, 1.82) is 0 Å². The second-order valence-corrected chi connectivity index (χ2v) is 5.18. The summed E-state index contributed by atoms with van der Waals surface area (Å²) in [5.74, 6) is -0.912. The number of aliphatic hydroxyl groups is 1. The minimum atomic E-state index is -0.949. The number of amides is 1. The number of benzene rings is 1. The van der Waals surface area contributed by atoms with Crippen molar-refractivity contribution in [3.63, 3.8) is 0 Å². The molecule has 0 saturated carbocycles. The molecular weight excluding hydrogens is 286 g/mol. The number of aliphatic hydroxyl groups excluding tert-OH is 1. The van der Waals surface area contributed by atoms with Crippen LogP contribution in [0.25, 0.3) is 0 Å². The van der Waals surface area contributed by atoms with Gasteiger partial charge in [-0.05, 0) is 17.7 Å². The lowest BCUT2D eigenvalue weighted by Gasteiger charge is -2.24. The van der Waals surface area contributed by atoms with Crippen LogP contribution < -0.4 is 0 Å². The van der Waals surface area contributed by atoms with Gasteiger partial charge in [-0.1, -0.05) is 18.2 Å². The summed E-state index contributed by atoms with van der Waals surface area (Å²) < 4.78 is 5.28. The highest BCUT2D eigenvalue weighted by Crippen LogP contribution is 2.29. The summed E-state index contributed by atoms with van der Waals surface area (Å²) in [6.45, 7) is 0. The lowest BCUT2D eigenvalue weighted by molar-refractivity contribution is -0.127. The van der Waals surface area contributed by atoms with Crippen LogP contribution in [0, 0.1) is 0 Å². The number of fused-ring (bicyclic) bond motifs is 1. The summed E-state index contributed by atoms with van der Waals surface area (Å²) in [5.41, 5.74) is 0.964. The summed E-state index contributed by atoms with van der Waals surface area (Å²) >= 11 is 0. The van der Waals surface area contributed by atoms with E-state index in [1.54, 1.807) is 18.2 Å². The molecule has 2 N–H and O–H groups in total. The van der Waals surface area contributed by atoms with Crippen molar-refractivity contribution in [3.8, 4) is 5.75 Å². The van der Waals surface area contributed by atoms with Crippen molar-refractivity contribution in [2.45, 2.75) is 25.2 Å². The van der Waals surface area contributed by atoms with E-state index in [-0.39, 0.29) is 23.3 Å². The molecule has 22 heavy (non-hydrogen) atoms. The average molecular weight is 301 g/mol. The highest BCUT2D eigenvalue weighted by Gasteiger charge is 2.28. The molecule has 1 aromatic rings. The Hall–Kier alpha value is -2.60. The number of rotatable bonds is 3. The minimum absolute atomic E-state index is 0.0756. The molecule has 0 radical (unpaired) electrons. The van der Waals surface area contributed by atoms with Crippen molar-refractivity contribution in [1.82, 2.24) is 4.90 Å². The summed E-state index contributed by atoms with van der Waals surface area (Å²) in [6.07, 6.45) is 5.46. The van der Waals surface area contributed by atoms with E-state index in [0.717, 1.165) is 5.56 Å². The number of hydrogen-bond donors (Lipinski definition) is 2. The molecular formula is C16H15NO5. The van der Waals surface area contributed by atoms with Crippen LogP contribution in [0.1, 0.15) is 22.3 Å². The van der Waals surface area contributed by atoms with Crippen LogP contribution in [0.3, 0.4) is 0 Å². The minimum Gasteiger partial charge on any atom is -0.507 e. The monoisotopic (exact) mass is 301 g/mol. The Bertz CT molecular complexity index is 679. The van der Waals surface area contributed by atoms with Gasteiger partial charge in [-0.25, -0.2) is 4.79 Å². The Morgan fingerprint density at radius 3 is 2.91 bits per heavy atom. The van der Waals surface area contributed by atoms with Crippen LogP contribution in [0.5, 0.6) is 5.75 Å². The highest BCUT2D eigenvalue weighted by atomic mass is 16.5. The molecule has 2 atom stereocenters. The third-order valence-electron chi connectivity index (χ3n) is 3.67. The fourth-order valence-electron chi connectivity index (χ4n) is 2.59. The molecule has 1 aromatic carbocycles. The number of aromatic hydroxyl groups is 1. The zero-order valence-corrected chi connectivity index (χ0v) is 11.7. The fourth-order valence-corrected chi connectivity index (χ4v) is 2.59. The van der Waals surface area contributed by atoms with E-state index in [4.69, 9.17) is 4.74 Å². The molecule has 0 aromatic heterocycles. The molecule has 6 heteroatoms. The van der Waals surface area contributed by atoms with Gasteiger partial charge in [-0.3, -0.25) is 9.69 Å². The number of phenols is 1. The van der Waals surface area contributed by atoms with Crippen molar-refractivity contribution in [2.75, 3.05) is 0 Å². The average Bonchev–Trinajstić information content (AvgIpc) is 2.79. The molecule has 0 spiro atoms. The number of carbonyl (C=O) groups is 2. The quantitative estimate of drug-likeness (QED) is 0.816. The molecule has 3 rings (SSSR count). The first-order chi connectivity index (χ1) is 10.6. The van der Waals surface area contributed by atoms with Gasteiger partial charge in [0.05, 0.1) is 0 Å². The van der Waals surface area contributed by atoms with Crippen molar-refractivity contribution in [2.24, 2.45) is 0 Å². The Morgan fingerprint density at radius 1 is 1.36 bits per heavy atom. The summed E-state index contributed by atoms with van der Waals surface area (Å²) in [5, 5.41) is 19.3. The first kappa shape index (κ1) is 14.3. The van der Waals surface area contributed by atoms with E-state index in [1.807, 2.05) is 0 Å². The van der Waals surface area contributed by atoms with Gasteiger partial charge in [-0.15, -0.1) is 0 Å². The summed E-state index contributed by atoms with van der Waals surface area (Å²) in [7, 11) is 0. The molecule has 0 fully saturated rings. The number of carbonyl (C=O) groups excluding carboxylic acids is 2. The molecule has 0 bridgehead atoms. The van der Waals surface area contributed by atoms with E-state index in [1.165, 1.54) is 29.3 Å².